The normalized spacial score (nSPS) is 19.1. The number of aromatic nitrogens is 1. The quantitative estimate of drug-likeness (QED) is 0.762. The highest BCUT2D eigenvalue weighted by Crippen LogP contribution is 2.25. The summed E-state index contributed by atoms with van der Waals surface area (Å²) in [4.78, 5) is 5.77. The van der Waals surface area contributed by atoms with Gasteiger partial charge in [-0.2, -0.15) is 13.2 Å². The van der Waals surface area contributed by atoms with Gasteiger partial charge in [-0.3, -0.25) is 4.90 Å². The Hall–Kier alpha value is -1.41. The van der Waals surface area contributed by atoms with Crippen LogP contribution in [0.25, 0.3) is 10.9 Å². The summed E-state index contributed by atoms with van der Waals surface area (Å²) in [5, 5.41) is 3.95. The predicted octanol–water partition coefficient (Wildman–Crippen LogP) is 4.43. The van der Waals surface area contributed by atoms with E-state index in [4.69, 9.17) is 0 Å². The second-order valence-electron chi connectivity index (χ2n) is 6.04. The summed E-state index contributed by atoms with van der Waals surface area (Å²) in [6.07, 6.45) is -3.43. The van der Waals surface area contributed by atoms with Crippen LogP contribution in [0.5, 0.6) is 0 Å². The van der Waals surface area contributed by atoms with Gasteiger partial charge in [0, 0.05) is 24.5 Å². The van der Waals surface area contributed by atoms with Crippen molar-refractivity contribution in [2.75, 3.05) is 31.5 Å². The van der Waals surface area contributed by atoms with E-state index in [1.807, 2.05) is 6.07 Å². The van der Waals surface area contributed by atoms with Gasteiger partial charge in [0.15, 0.2) is 0 Å². The molecule has 0 amide bonds. The molecule has 1 aromatic heterocycles. The van der Waals surface area contributed by atoms with Crippen molar-refractivity contribution >= 4 is 32.7 Å². The summed E-state index contributed by atoms with van der Waals surface area (Å²) in [5.41, 5.74) is 0.533. The lowest BCUT2D eigenvalue weighted by Gasteiger charge is -2.18. The van der Waals surface area contributed by atoms with Crippen LogP contribution in [0.1, 0.15) is 6.42 Å². The zero-order valence-corrected chi connectivity index (χ0v) is 14.3. The minimum Gasteiger partial charge on any atom is -0.370 e. The van der Waals surface area contributed by atoms with E-state index in [1.165, 1.54) is 11.0 Å². The van der Waals surface area contributed by atoms with Gasteiger partial charge in [-0.1, -0.05) is 0 Å². The van der Waals surface area contributed by atoms with Gasteiger partial charge >= 0.3 is 6.18 Å². The molecule has 0 aliphatic carbocycles. The number of anilines is 1. The molecule has 1 fully saturated rings. The molecule has 8 heteroatoms. The van der Waals surface area contributed by atoms with E-state index in [-0.39, 0.29) is 11.7 Å². The zero-order chi connectivity index (χ0) is 17.3. The first-order valence-corrected chi connectivity index (χ1v) is 8.38. The maximum atomic E-state index is 13.6. The lowest BCUT2D eigenvalue weighted by Crippen LogP contribution is -2.33. The third-order valence-electron chi connectivity index (χ3n) is 4.08. The first kappa shape index (κ1) is 17.4. The van der Waals surface area contributed by atoms with Gasteiger partial charge in [-0.15, -0.1) is 0 Å². The Kier molecular flexibility index (Phi) is 4.96. The number of halogens is 5. The molecule has 1 N–H and O–H groups in total. The number of hydrogen-bond donors (Lipinski definition) is 1. The summed E-state index contributed by atoms with van der Waals surface area (Å²) in [7, 11) is 0. The molecule has 0 spiro atoms. The molecule has 0 bridgehead atoms. The van der Waals surface area contributed by atoms with Crippen molar-refractivity contribution < 1.29 is 17.6 Å². The van der Waals surface area contributed by atoms with Gasteiger partial charge in [0.05, 0.1) is 16.5 Å². The van der Waals surface area contributed by atoms with Crippen molar-refractivity contribution in [1.29, 1.82) is 0 Å². The molecule has 3 rings (SSSR count). The lowest BCUT2D eigenvalue weighted by molar-refractivity contribution is -0.143. The summed E-state index contributed by atoms with van der Waals surface area (Å²) in [6, 6.07) is 6.63. The highest BCUT2D eigenvalue weighted by molar-refractivity contribution is 9.10. The van der Waals surface area contributed by atoms with Crippen molar-refractivity contribution in [3.8, 4) is 0 Å². The number of benzene rings is 1. The van der Waals surface area contributed by atoms with Gasteiger partial charge in [0.1, 0.15) is 11.6 Å². The SMILES string of the molecule is Fc1cc2nc(NCC3CCN(CC(F)(F)F)C3)ccc2cc1Br. The van der Waals surface area contributed by atoms with E-state index in [0.29, 0.717) is 35.4 Å². The van der Waals surface area contributed by atoms with Crippen molar-refractivity contribution in [2.24, 2.45) is 5.92 Å². The van der Waals surface area contributed by atoms with Gasteiger partial charge in [0.25, 0.3) is 0 Å². The molecule has 1 aromatic carbocycles. The fourth-order valence-corrected chi connectivity index (χ4v) is 3.30. The maximum absolute atomic E-state index is 13.6. The van der Waals surface area contributed by atoms with Crippen LogP contribution in [0.15, 0.2) is 28.7 Å². The standard InChI is InChI=1S/C16H16BrF4N3/c17-12-5-11-1-2-15(23-14(11)6-13(12)18)22-7-10-3-4-24(8-10)9-16(19,20)21/h1-2,5-6,10H,3-4,7-9H2,(H,22,23). The number of nitrogens with zero attached hydrogens (tertiary/aromatic N) is 2. The van der Waals surface area contributed by atoms with Gasteiger partial charge < -0.3 is 5.32 Å². The lowest BCUT2D eigenvalue weighted by atomic mass is 10.1. The predicted molar refractivity (Wildman–Crippen MR) is 88.5 cm³/mol. The molecule has 1 saturated heterocycles. The summed E-state index contributed by atoms with van der Waals surface area (Å²) < 4.78 is 51.1. The van der Waals surface area contributed by atoms with E-state index in [9.17, 15) is 17.6 Å². The average Bonchev–Trinajstić information content (AvgIpc) is 2.92. The summed E-state index contributed by atoms with van der Waals surface area (Å²) >= 11 is 3.13. The van der Waals surface area contributed by atoms with Crippen molar-refractivity contribution in [2.45, 2.75) is 12.6 Å². The Labute approximate surface area is 145 Å². The Morgan fingerprint density at radius 3 is 2.83 bits per heavy atom. The summed E-state index contributed by atoms with van der Waals surface area (Å²) in [6.45, 7) is 0.565. The van der Waals surface area contributed by atoms with Gasteiger partial charge in [-0.05, 0) is 53.0 Å². The second kappa shape index (κ2) is 6.84. The van der Waals surface area contributed by atoms with Crippen molar-refractivity contribution in [3.63, 3.8) is 0 Å². The van der Waals surface area contributed by atoms with E-state index < -0.39 is 12.7 Å². The number of hydrogen-bond acceptors (Lipinski definition) is 3. The molecule has 130 valence electrons. The molecular formula is C16H16BrF4N3. The number of nitrogens with one attached hydrogen (secondary N) is 1. The van der Waals surface area contributed by atoms with Crippen LogP contribution in [0.3, 0.4) is 0 Å². The van der Waals surface area contributed by atoms with Crippen molar-refractivity contribution in [1.82, 2.24) is 9.88 Å². The number of alkyl halides is 3. The van der Waals surface area contributed by atoms with E-state index in [0.717, 1.165) is 11.8 Å². The molecule has 1 aliphatic heterocycles. The largest absolute Gasteiger partial charge is 0.401 e. The monoisotopic (exact) mass is 405 g/mol. The Bertz CT molecular complexity index is 735. The molecular weight excluding hydrogens is 390 g/mol. The van der Waals surface area contributed by atoms with Crippen LogP contribution < -0.4 is 5.32 Å². The molecule has 24 heavy (non-hydrogen) atoms. The van der Waals surface area contributed by atoms with Gasteiger partial charge in [-0.25, -0.2) is 9.37 Å². The van der Waals surface area contributed by atoms with Crippen LogP contribution in [0.2, 0.25) is 0 Å². The average molecular weight is 406 g/mol. The van der Waals surface area contributed by atoms with Crippen LogP contribution in [-0.4, -0.2) is 42.2 Å². The maximum Gasteiger partial charge on any atom is 0.401 e. The highest BCUT2D eigenvalue weighted by Gasteiger charge is 2.34. The smallest absolute Gasteiger partial charge is 0.370 e. The molecule has 0 radical (unpaired) electrons. The molecule has 1 aliphatic rings. The second-order valence-corrected chi connectivity index (χ2v) is 6.90. The van der Waals surface area contributed by atoms with Crippen molar-refractivity contribution in [3.05, 3.63) is 34.6 Å². The first-order valence-electron chi connectivity index (χ1n) is 7.59. The molecule has 2 heterocycles. The fraction of sp³-hybridized carbons (Fsp3) is 0.438. The number of likely N-dealkylation sites (tertiary alicyclic amines) is 1. The Morgan fingerprint density at radius 1 is 1.29 bits per heavy atom. The minimum absolute atomic E-state index is 0.145. The molecule has 1 atom stereocenters. The van der Waals surface area contributed by atoms with E-state index in [1.54, 1.807) is 12.1 Å². The molecule has 1 unspecified atom stereocenters. The zero-order valence-electron chi connectivity index (χ0n) is 12.7. The third kappa shape index (κ3) is 4.36. The Morgan fingerprint density at radius 2 is 2.08 bits per heavy atom. The molecule has 3 nitrogen and oxygen atoms in total. The number of pyridine rings is 1. The van der Waals surface area contributed by atoms with E-state index >= 15 is 0 Å². The minimum atomic E-state index is -4.15. The molecule has 2 aromatic rings. The summed E-state index contributed by atoms with van der Waals surface area (Å²) in [5.74, 6) is 0.357. The third-order valence-corrected chi connectivity index (χ3v) is 4.68. The number of rotatable bonds is 4. The van der Waals surface area contributed by atoms with Crippen LogP contribution in [-0.2, 0) is 0 Å². The Balaban J connectivity index is 1.59. The van der Waals surface area contributed by atoms with Crippen LogP contribution >= 0.6 is 15.9 Å². The van der Waals surface area contributed by atoms with E-state index in [2.05, 4.69) is 26.2 Å². The highest BCUT2D eigenvalue weighted by atomic mass is 79.9. The number of fused-ring (bicyclic) bond motifs is 1. The van der Waals surface area contributed by atoms with Gasteiger partial charge in [0.2, 0.25) is 0 Å². The first-order chi connectivity index (χ1) is 11.3. The fourth-order valence-electron chi connectivity index (χ4n) is 2.94. The van der Waals surface area contributed by atoms with Crippen LogP contribution in [0.4, 0.5) is 23.4 Å². The molecule has 0 saturated carbocycles. The topological polar surface area (TPSA) is 28.2 Å². The van der Waals surface area contributed by atoms with Crippen LogP contribution in [0, 0.1) is 11.7 Å².